The third-order valence-corrected chi connectivity index (χ3v) is 6.49. The molecule has 1 aromatic heterocycles. The van der Waals surface area contributed by atoms with Crippen molar-refractivity contribution < 1.29 is 9.59 Å². The van der Waals surface area contributed by atoms with Crippen molar-refractivity contribution in [2.24, 2.45) is 5.92 Å². The van der Waals surface area contributed by atoms with E-state index in [0.29, 0.717) is 31.9 Å². The molecule has 0 spiro atoms. The molecule has 4 rings (SSSR count). The largest absolute Gasteiger partial charge is 0.347 e. The van der Waals surface area contributed by atoms with Gasteiger partial charge in [0.05, 0.1) is 6.54 Å². The van der Waals surface area contributed by atoms with Crippen LogP contribution in [0.3, 0.4) is 0 Å². The molecule has 0 bridgehead atoms. The van der Waals surface area contributed by atoms with E-state index in [-0.39, 0.29) is 17.9 Å². The summed E-state index contributed by atoms with van der Waals surface area (Å²) in [5.74, 6) is 1.95. The van der Waals surface area contributed by atoms with Crippen molar-refractivity contribution in [3.05, 3.63) is 11.6 Å². The summed E-state index contributed by atoms with van der Waals surface area (Å²) in [6, 6.07) is 0.261. The standard InChI is InChI=1S/C20H31N5O2/c26-18(11-10-15-6-4-5-7-15)24-12-13-25-17(14-24)22-23-19(25)20(27)21-16-8-2-1-3-9-16/h15-16H,1-14H2,(H,21,27). The zero-order valence-corrected chi connectivity index (χ0v) is 16.2. The number of nitrogens with zero attached hydrogens (tertiary/aromatic N) is 4. The quantitative estimate of drug-likeness (QED) is 0.860. The van der Waals surface area contributed by atoms with Gasteiger partial charge < -0.3 is 14.8 Å². The van der Waals surface area contributed by atoms with Gasteiger partial charge in [-0.1, -0.05) is 44.9 Å². The van der Waals surface area contributed by atoms with Gasteiger partial charge in [-0.05, 0) is 25.2 Å². The van der Waals surface area contributed by atoms with E-state index in [2.05, 4.69) is 15.5 Å². The highest BCUT2D eigenvalue weighted by molar-refractivity contribution is 5.91. The molecule has 0 unspecified atom stereocenters. The Labute approximate surface area is 160 Å². The first-order valence-electron chi connectivity index (χ1n) is 10.7. The summed E-state index contributed by atoms with van der Waals surface area (Å²) in [6.07, 6.45) is 12.6. The maximum atomic E-state index is 12.6. The van der Waals surface area contributed by atoms with Crippen molar-refractivity contribution in [3.63, 3.8) is 0 Å². The summed E-state index contributed by atoms with van der Waals surface area (Å²) in [5, 5.41) is 11.4. The summed E-state index contributed by atoms with van der Waals surface area (Å²) < 4.78 is 1.89. The number of nitrogens with one attached hydrogen (secondary N) is 1. The lowest BCUT2D eigenvalue weighted by molar-refractivity contribution is -0.133. The minimum Gasteiger partial charge on any atom is -0.347 e. The van der Waals surface area contributed by atoms with E-state index >= 15 is 0 Å². The van der Waals surface area contributed by atoms with Crippen molar-refractivity contribution in [1.29, 1.82) is 0 Å². The fraction of sp³-hybridized carbons (Fsp3) is 0.800. The molecule has 0 radical (unpaired) electrons. The Bertz CT molecular complexity index is 674. The lowest BCUT2D eigenvalue weighted by atomic mass is 9.95. The van der Waals surface area contributed by atoms with Crippen LogP contribution >= 0.6 is 0 Å². The molecular weight excluding hydrogens is 342 g/mol. The van der Waals surface area contributed by atoms with Gasteiger partial charge in [0.2, 0.25) is 11.7 Å². The zero-order valence-electron chi connectivity index (χ0n) is 16.2. The Kier molecular flexibility index (Phi) is 5.74. The highest BCUT2D eigenvalue weighted by atomic mass is 16.2. The molecule has 7 nitrogen and oxygen atoms in total. The van der Waals surface area contributed by atoms with Crippen LogP contribution in [0.2, 0.25) is 0 Å². The van der Waals surface area contributed by atoms with Gasteiger partial charge in [0.25, 0.3) is 5.91 Å². The zero-order chi connectivity index (χ0) is 18.6. The SMILES string of the molecule is O=C(NC1CCCCC1)c1nnc2n1CCN(C(=O)CCC1CCCC1)C2. The lowest BCUT2D eigenvalue weighted by Gasteiger charge is -2.28. The summed E-state index contributed by atoms with van der Waals surface area (Å²) in [4.78, 5) is 27.0. The van der Waals surface area contributed by atoms with Crippen LogP contribution in [0, 0.1) is 5.92 Å². The molecule has 2 aliphatic carbocycles. The molecule has 3 aliphatic rings. The first-order chi connectivity index (χ1) is 13.2. The monoisotopic (exact) mass is 373 g/mol. The number of amides is 2. The van der Waals surface area contributed by atoms with Crippen LogP contribution in [0.4, 0.5) is 0 Å². The third-order valence-electron chi connectivity index (χ3n) is 6.49. The van der Waals surface area contributed by atoms with Crippen LogP contribution in [-0.4, -0.2) is 44.1 Å². The van der Waals surface area contributed by atoms with Crippen molar-refractivity contribution in [2.75, 3.05) is 6.54 Å². The second-order valence-corrected chi connectivity index (χ2v) is 8.40. The van der Waals surface area contributed by atoms with Gasteiger partial charge in [-0.2, -0.15) is 0 Å². The molecule has 2 saturated carbocycles. The van der Waals surface area contributed by atoms with Crippen LogP contribution in [0.25, 0.3) is 0 Å². The average molecular weight is 374 g/mol. The minimum atomic E-state index is -0.123. The Balaban J connectivity index is 1.32. The summed E-state index contributed by atoms with van der Waals surface area (Å²) in [5.41, 5.74) is 0. The number of fused-ring (bicyclic) bond motifs is 1. The van der Waals surface area contributed by atoms with E-state index in [1.54, 1.807) is 0 Å². The summed E-state index contributed by atoms with van der Waals surface area (Å²) >= 11 is 0. The second-order valence-electron chi connectivity index (χ2n) is 8.40. The van der Waals surface area contributed by atoms with Crippen molar-refractivity contribution in [2.45, 2.75) is 89.8 Å². The predicted octanol–water partition coefficient (Wildman–Crippen LogP) is 2.65. The molecule has 2 fully saturated rings. The Hall–Kier alpha value is -1.92. The van der Waals surface area contributed by atoms with Gasteiger partial charge in [0.15, 0.2) is 5.82 Å². The van der Waals surface area contributed by atoms with Gasteiger partial charge in [-0.15, -0.1) is 10.2 Å². The average Bonchev–Trinajstić information content (AvgIpc) is 3.36. The number of carbonyl (C=O) groups excluding carboxylic acids is 2. The van der Waals surface area contributed by atoms with Gasteiger partial charge in [0.1, 0.15) is 0 Å². The topological polar surface area (TPSA) is 80.1 Å². The normalized spacial score (nSPS) is 21.3. The van der Waals surface area contributed by atoms with Crippen LogP contribution in [-0.2, 0) is 17.9 Å². The Morgan fingerprint density at radius 2 is 1.70 bits per heavy atom. The molecular formula is C20H31N5O2. The number of hydrogen-bond acceptors (Lipinski definition) is 4. The van der Waals surface area contributed by atoms with Crippen molar-refractivity contribution in [3.8, 4) is 0 Å². The molecule has 148 valence electrons. The summed E-state index contributed by atoms with van der Waals surface area (Å²) in [6.45, 7) is 1.70. The Morgan fingerprint density at radius 1 is 0.963 bits per heavy atom. The van der Waals surface area contributed by atoms with Crippen LogP contribution < -0.4 is 5.32 Å². The molecule has 7 heteroatoms. The molecule has 0 saturated heterocycles. The fourth-order valence-electron chi connectivity index (χ4n) is 4.82. The smallest absolute Gasteiger partial charge is 0.289 e. The van der Waals surface area contributed by atoms with Gasteiger partial charge in [0, 0.05) is 25.6 Å². The fourth-order valence-corrected chi connectivity index (χ4v) is 4.82. The van der Waals surface area contributed by atoms with Crippen molar-refractivity contribution >= 4 is 11.8 Å². The molecule has 0 atom stereocenters. The minimum absolute atomic E-state index is 0.123. The number of aromatic nitrogens is 3. The maximum absolute atomic E-state index is 12.6. The molecule has 1 N–H and O–H groups in total. The first kappa shape index (κ1) is 18.4. The van der Waals surface area contributed by atoms with Gasteiger partial charge in [-0.25, -0.2) is 0 Å². The first-order valence-corrected chi connectivity index (χ1v) is 10.7. The molecule has 27 heavy (non-hydrogen) atoms. The van der Waals surface area contributed by atoms with E-state index in [0.717, 1.165) is 31.0 Å². The number of hydrogen-bond donors (Lipinski definition) is 1. The van der Waals surface area contributed by atoms with Gasteiger partial charge >= 0.3 is 0 Å². The molecule has 0 aromatic carbocycles. The molecule has 1 aliphatic heterocycles. The molecule has 2 heterocycles. The van der Waals surface area contributed by atoms with Crippen LogP contribution in [0.5, 0.6) is 0 Å². The predicted molar refractivity (Wildman–Crippen MR) is 101 cm³/mol. The van der Waals surface area contributed by atoms with E-state index in [9.17, 15) is 9.59 Å². The van der Waals surface area contributed by atoms with Gasteiger partial charge in [-0.3, -0.25) is 9.59 Å². The second kappa shape index (κ2) is 8.40. The van der Waals surface area contributed by atoms with Crippen LogP contribution in [0.1, 0.15) is 87.1 Å². The van der Waals surface area contributed by atoms with E-state index < -0.39 is 0 Å². The van der Waals surface area contributed by atoms with Crippen molar-refractivity contribution in [1.82, 2.24) is 25.0 Å². The van der Waals surface area contributed by atoms with E-state index in [1.807, 2.05) is 9.47 Å². The highest BCUT2D eigenvalue weighted by Crippen LogP contribution is 2.29. The molecule has 1 aromatic rings. The maximum Gasteiger partial charge on any atom is 0.289 e. The Morgan fingerprint density at radius 3 is 2.48 bits per heavy atom. The van der Waals surface area contributed by atoms with E-state index in [1.165, 1.54) is 44.9 Å². The molecule has 2 amide bonds. The summed E-state index contributed by atoms with van der Waals surface area (Å²) in [7, 11) is 0. The van der Waals surface area contributed by atoms with E-state index in [4.69, 9.17) is 0 Å². The van der Waals surface area contributed by atoms with Crippen LogP contribution in [0.15, 0.2) is 0 Å². The number of carbonyl (C=O) groups is 2. The third kappa shape index (κ3) is 4.33. The number of rotatable bonds is 5. The lowest BCUT2D eigenvalue weighted by Crippen LogP contribution is -2.41. The highest BCUT2D eigenvalue weighted by Gasteiger charge is 2.28.